The molecule has 0 radical (unpaired) electrons. The van der Waals surface area contributed by atoms with Crippen LogP contribution in [0.5, 0.6) is 0 Å². The van der Waals surface area contributed by atoms with Gasteiger partial charge in [-0.1, -0.05) is 75.4 Å². The molecule has 2 aromatic carbocycles. The standard InChI is InChI=1S/C23H29NO2/c1-23(2,3)20-12-9-18(10-13-20)11-14-22(25)24-15-16-26-21(17-24)19-7-5-4-6-8-19/h4-10,12-13,21H,11,14-17H2,1-3H3. The molecule has 0 bridgehead atoms. The van der Waals surface area contributed by atoms with E-state index in [-0.39, 0.29) is 17.4 Å². The smallest absolute Gasteiger partial charge is 0.223 e. The summed E-state index contributed by atoms with van der Waals surface area (Å²) in [6, 6.07) is 18.8. The summed E-state index contributed by atoms with van der Waals surface area (Å²) in [5, 5.41) is 0. The lowest BCUT2D eigenvalue weighted by atomic mass is 9.86. The fraction of sp³-hybridized carbons (Fsp3) is 0.435. The van der Waals surface area contributed by atoms with Crippen molar-refractivity contribution < 1.29 is 9.53 Å². The van der Waals surface area contributed by atoms with Crippen LogP contribution in [0.15, 0.2) is 54.6 Å². The number of ether oxygens (including phenoxy) is 1. The number of nitrogens with zero attached hydrogens (tertiary/aromatic N) is 1. The van der Waals surface area contributed by atoms with Gasteiger partial charge in [-0.2, -0.15) is 0 Å². The van der Waals surface area contributed by atoms with Crippen molar-refractivity contribution in [3.05, 3.63) is 71.3 Å². The van der Waals surface area contributed by atoms with Gasteiger partial charge in [-0.3, -0.25) is 4.79 Å². The van der Waals surface area contributed by atoms with Gasteiger partial charge in [0.25, 0.3) is 0 Å². The molecule has 1 saturated heterocycles. The molecule has 3 heteroatoms. The van der Waals surface area contributed by atoms with Crippen molar-refractivity contribution >= 4 is 5.91 Å². The maximum Gasteiger partial charge on any atom is 0.223 e. The van der Waals surface area contributed by atoms with Crippen LogP contribution in [0.2, 0.25) is 0 Å². The van der Waals surface area contributed by atoms with Crippen LogP contribution < -0.4 is 0 Å². The molecule has 1 aliphatic heterocycles. The van der Waals surface area contributed by atoms with Crippen molar-refractivity contribution in [2.45, 2.75) is 45.1 Å². The van der Waals surface area contributed by atoms with E-state index >= 15 is 0 Å². The first-order valence-electron chi connectivity index (χ1n) is 9.47. The molecule has 3 rings (SSSR count). The molecule has 1 aliphatic rings. The summed E-state index contributed by atoms with van der Waals surface area (Å²) in [5.74, 6) is 0.217. The van der Waals surface area contributed by atoms with Crippen molar-refractivity contribution in [2.24, 2.45) is 0 Å². The second-order valence-corrected chi connectivity index (χ2v) is 8.06. The van der Waals surface area contributed by atoms with E-state index in [9.17, 15) is 4.79 Å². The molecule has 138 valence electrons. The maximum absolute atomic E-state index is 12.6. The summed E-state index contributed by atoms with van der Waals surface area (Å²) < 4.78 is 5.86. The zero-order chi connectivity index (χ0) is 18.6. The van der Waals surface area contributed by atoms with Gasteiger partial charge in [0.2, 0.25) is 5.91 Å². The van der Waals surface area contributed by atoms with Gasteiger partial charge in [0.05, 0.1) is 13.2 Å². The van der Waals surface area contributed by atoms with Crippen LogP contribution in [0.1, 0.15) is 50.0 Å². The zero-order valence-electron chi connectivity index (χ0n) is 16.1. The Kier molecular flexibility index (Phi) is 5.77. The molecule has 1 fully saturated rings. The maximum atomic E-state index is 12.6. The Labute approximate surface area is 157 Å². The summed E-state index contributed by atoms with van der Waals surface area (Å²) in [4.78, 5) is 14.6. The number of amides is 1. The quantitative estimate of drug-likeness (QED) is 0.811. The normalized spacial score (nSPS) is 18.0. The predicted molar refractivity (Wildman–Crippen MR) is 105 cm³/mol. The fourth-order valence-corrected chi connectivity index (χ4v) is 3.33. The molecule has 0 N–H and O–H groups in total. The third-order valence-electron chi connectivity index (χ3n) is 5.04. The summed E-state index contributed by atoms with van der Waals surface area (Å²) in [7, 11) is 0. The van der Waals surface area contributed by atoms with E-state index in [1.807, 2.05) is 23.1 Å². The molecule has 0 aliphatic carbocycles. The van der Waals surface area contributed by atoms with Crippen LogP contribution in [0.3, 0.4) is 0 Å². The minimum atomic E-state index is -0.0139. The number of carbonyl (C=O) groups excluding carboxylic acids is 1. The summed E-state index contributed by atoms with van der Waals surface area (Å²) in [5.41, 5.74) is 3.85. The summed E-state index contributed by atoms with van der Waals surface area (Å²) >= 11 is 0. The van der Waals surface area contributed by atoms with Crippen LogP contribution >= 0.6 is 0 Å². The Morgan fingerprint density at radius 3 is 2.42 bits per heavy atom. The largest absolute Gasteiger partial charge is 0.370 e. The van der Waals surface area contributed by atoms with E-state index in [4.69, 9.17) is 4.74 Å². The molecular weight excluding hydrogens is 322 g/mol. The van der Waals surface area contributed by atoms with Crippen LogP contribution in [0.25, 0.3) is 0 Å². The lowest BCUT2D eigenvalue weighted by Crippen LogP contribution is -2.42. The molecule has 1 atom stereocenters. The van der Waals surface area contributed by atoms with Gasteiger partial charge >= 0.3 is 0 Å². The minimum Gasteiger partial charge on any atom is -0.370 e. The van der Waals surface area contributed by atoms with E-state index in [1.165, 1.54) is 11.1 Å². The average molecular weight is 351 g/mol. The predicted octanol–water partition coefficient (Wildman–Crippen LogP) is 4.52. The number of benzene rings is 2. The third kappa shape index (κ3) is 4.73. The lowest BCUT2D eigenvalue weighted by Gasteiger charge is -2.33. The first-order valence-corrected chi connectivity index (χ1v) is 9.47. The van der Waals surface area contributed by atoms with E-state index in [1.54, 1.807) is 0 Å². The molecule has 3 nitrogen and oxygen atoms in total. The molecule has 0 spiro atoms. The molecule has 2 aromatic rings. The van der Waals surface area contributed by atoms with Crippen molar-refractivity contribution in [3.8, 4) is 0 Å². The van der Waals surface area contributed by atoms with Gasteiger partial charge in [0, 0.05) is 13.0 Å². The van der Waals surface area contributed by atoms with Crippen molar-refractivity contribution in [2.75, 3.05) is 19.7 Å². The number of aryl methyl sites for hydroxylation is 1. The molecule has 0 aromatic heterocycles. The highest BCUT2D eigenvalue weighted by Crippen LogP contribution is 2.24. The highest BCUT2D eigenvalue weighted by Gasteiger charge is 2.25. The first-order chi connectivity index (χ1) is 12.4. The number of rotatable bonds is 4. The second-order valence-electron chi connectivity index (χ2n) is 8.06. The molecule has 1 unspecified atom stereocenters. The van der Waals surface area contributed by atoms with Crippen LogP contribution in [-0.2, 0) is 21.4 Å². The number of morpholine rings is 1. The number of carbonyl (C=O) groups is 1. The Balaban J connectivity index is 1.54. The SMILES string of the molecule is CC(C)(C)c1ccc(CCC(=O)N2CCOC(c3ccccc3)C2)cc1. The average Bonchev–Trinajstić information content (AvgIpc) is 2.66. The zero-order valence-corrected chi connectivity index (χ0v) is 16.1. The van der Waals surface area contributed by atoms with Gasteiger partial charge in [-0.25, -0.2) is 0 Å². The van der Waals surface area contributed by atoms with E-state index in [0.717, 1.165) is 12.0 Å². The molecular formula is C23H29NO2. The summed E-state index contributed by atoms with van der Waals surface area (Å²) in [6.45, 7) is 8.58. The minimum absolute atomic E-state index is 0.0139. The van der Waals surface area contributed by atoms with E-state index in [0.29, 0.717) is 26.1 Å². The third-order valence-corrected chi connectivity index (χ3v) is 5.04. The second kappa shape index (κ2) is 8.05. The van der Waals surface area contributed by atoms with Crippen LogP contribution in [0.4, 0.5) is 0 Å². The van der Waals surface area contributed by atoms with Crippen LogP contribution in [-0.4, -0.2) is 30.5 Å². The molecule has 26 heavy (non-hydrogen) atoms. The number of hydrogen-bond donors (Lipinski definition) is 0. The van der Waals surface area contributed by atoms with Gasteiger partial charge in [0.1, 0.15) is 6.10 Å². The van der Waals surface area contributed by atoms with Crippen molar-refractivity contribution in [1.29, 1.82) is 0 Å². The molecule has 1 amide bonds. The van der Waals surface area contributed by atoms with Gasteiger partial charge in [-0.05, 0) is 28.5 Å². The Bertz CT molecular complexity index is 716. The Morgan fingerprint density at radius 1 is 1.08 bits per heavy atom. The Morgan fingerprint density at radius 2 is 1.77 bits per heavy atom. The van der Waals surface area contributed by atoms with Gasteiger partial charge < -0.3 is 9.64 Å². The van der Waals surface area contributed by atoms with Gasteiger partial charge in [-0.15, -0.1) is 0 Å². The van der Waals surface area contributed by atoms with Crippen LogP contribution in [0, 0.1) is 0 Å². The Hall–Kier alpha value is -2.13. The highest BCUT2D eigenvalue weighted by atomic mass is 16.5. The monoisotopic (exact) mass is 351 g/mol. The lowest BCUT2D eigenvalue weighted by molar-refractivity contribution is -0.139. The topological polar surface area (TPSA) is 29.5 Å². The molecule has 1 heterocycles. The van der Waals surface area contributed by atoms with E-state index < -0.39 is 0 Å². The first kappa shape index (κ1) is 18.7. The van der Waals surface area contributed by atoms with E-state index in [2.05, 4.69) is 57.2 Å². The number of hydrogen-bond acceptors (Lipinski definition) is 2. The highest BCUT2D eigenvalue weighted by molar-refractivity contribution is 5.76. The molecule has 0 saturated carbocycles. The summed E-state index contributed by atoms with van der Waals surface area (Å²) in [6.07, 6.45) is 1.33. The van der Waals surface area contributed by atoms with Crippen molar-refractivity contribution in [1.82, 2.24) is 4.90 Å². The van der Waals surface area contributed by atoms with Gasteiger partial charge in [0.15, 0.2) is 0 Å². The van der Waals surface area contributed by atoms with Crippen molar-refractivity contribution in [3.63, 3.8) is 0 Å². The fourth-order valence-electron chi connectivity index (χ4n) is 3.33.